The number of carbonyl (C=O) groups is 1. The molecular weight excluding hydrogens is 160 g/mol. The van der Waals surface area contributed by atoms with Gasteiger partial charge in [0.1, 0.15) is 0 Å². The standard InChI is InChI=1S/C7H12N2O3/c10-7(11)9-3-1-2-6(5-9)4-8-12/h4,6,12H,1-3,5H2,(H,10,11). The van der Waals surface area contributed by atoms with Crippen LogP contribution >= 0.6 is 0 Å². The fourth-order valence-electron chi connectivity index (χ4n) is 1.40. The lowest BCUT2D eigenvalue weighted by Gasteiger charge is -2.28. The van der Waals surface area contributed by atoms with Gasteiger partial charge >= 0.3 is 6.09 Å². The van der Waals surface area contributed by atoms with E-state index in [1.165, 1.54) is 11.1 Å². The predicted octanol–water partition coefficient (Wildman–Crippen LogP) is 0.836. The molecule has 1 atom stereocenters. The maximum atomic E-state index is 10.5. The third kappa shape index (κ3) is 2.11. The highest BCUT2D eigenvalue weighted by molar-refractivity contribution is 5.67. The Balaban J connectivity index is 2.45. The summed E-state index contributed by atoms with van der Waals surface area (Å²) in [6, 6.07) is 0. The van der Waals surface area contributed by atoms with Gasteiger partial charge in [-0.2, -0.15) is 0 Å². The van der Waals surface area contributed by atoms with E-state index in [0.717, 1.165) is 12.8 Å². The fourth-order valence-corrected chi connectivity index (χ4v) is 1.40. The van der Waals surface area contributed by atoms with Gasteiger partial charge in [-0.3, -0.25) is 0 Å². The number of rotatable bonds is 1. The van der Waals surface area contributed by atoms with E-state index in [1.54, 1.807) is 0 Å². The number of oxime groups is 1. The smallest absolute Gasteiger partial charge is 0.407 e. The first kappa shape index (κ1) is 8.83. The Kier molecular flexibility index (Phi) is 2.90. The van der Waals surface area contributed by atoms with Crippen LogP contribution in [-0.4, -0.2) is 40.6 Å². The molecule has 0 bridgehead atoms. The number of hydrogen-bond acceptors (Lipinski definition) is 3. The lowest BCUT2D eigenvalue weighted by molar-refractivity contribution is 0.129. The van der Waals surface area contributed by atoms with E-state index < -0.39 is 6.09 Å². The summed E-state index contributed by atoms with van der Waals surface area (Å²) < 4.78 is 0. The van der Waals surface area contributed by atoms with Gasteiger partial charge in [0, 0.05) is 25.2 Å². The highest BCUT2D eigenvalue weighted by Gasteiger charge is 2.21. The number of amides is 1. The molecule has 5 heteroatoms. The van der Waals surface area contributed by atoms with Crippen LogP contribution in [0.1, 0.15) is 12.8 Å². The summed E-state index contributed by atoms with van der Waals surface area (Å²) in [5.41, 5.74) is 0. The van der Waals surface area contributed by atoms with E-state index >= 15 is 0 Å². The molecular formula is C7H12N2O3. The Morgan fingerprint density at radius 1 is 1.67 bits per heavy atom. The molecule has 1 aliphatic rings. The van der Waals surface area contributed by atoms with E-state index in [4.69, 9.17) is 10.3 Å². The van der Waals surface area contributed by atoms with Crippen LogP contribution in [0.25, 0.3) is 0 Å². The molecule has 1 rings (SSSR count). The molecule has 1 amide bonds. The minimum atomic E-state index is -0.897. The maximum Gasteiger partial charge on any atom is 0.407 e. The second-order valence-corrected chi connectivity index (χ2v) is 2.90. The van der Waals surface area contributed by atoms with Crippen molar-refractivity contribution < 1.29 is 15.1 Å². The third-order valence-electron chi connectivity index (χ3n) is 2.01. The second kappa shape index (κ2) is 3.94. The molecule has 68 valence electrons. The molecule has 1 fully saturated rings. The van der Waals surface area contributed by atoms with Crippen LogP contribution < -0.4 is 0 Å². The van der Waals surface area contributed by atoms with Crippen LogP contribution in [0.4, 0.5) is 4.79 Å². The fraction of sp³-hybridized carbons (Fsp3) is 0.714. The van der Waals surface area contributed by atoms with Gasteiger partial charge in [0.15, 0.2) is 0 Å². The van der Waals surface area contributed by atoms with Crippen molar-refractivity contribution in [3.63, 3.8) is 0 Å². The highest BCUT2D eigenvalue weighted by atomic mass is 16.4. The predicted molar refractivity (Wildman–Crippen MR) is 42.6 cm³/mol. The molecule has 2 N–H and O–H groups in total. The van der Waals surface area contributed by atoms with Gasteiger partial charge in [0.25, 0.3) is 0 Å². The molecule has 0 aromatic heterocycles. The second-order valence-electron chi connectivity index (χ2n) is 2.90. The summed E-state index contributed by atoms with van der Waals surface area (Å²) in [6.07, 6.45) is 2.23. The van der Waals surface area contributed by atoms with Crippen LogP contribution in [0.2, 0.25) is 0 Å². The number of hydrogen-bond donors (Lipinski definition) is 2. The van der Waals surface area contributed by atoms with Crippen molar-refractivity contribution >= 4 is 12.3 Å². The van der Waals surface area contributed by atoms with Gasteiger partial charge in [0.05, 0.1) is 0 Å². The largest absolute Gasteiger partial charge is 0.465 e. The molecule has 0 radical (unpaired) electrons. The van der Waals surface area contributed by atoms with Crippen molar-refractivity contribution in [2.45, 2.75) is 12.8 Å². The molecule has 12 heavy (non-hydrogen) atoms. The molecule has 0 saturated carbocycles. The summed E-state index contributed by atoms with van der Waals surface area (Å²) in [6.45, 7) is 1.03. The van der Waals surface area contributed by atoms with Crippen molar-refractivity contribution in [3.05, 3.63) is 0 Å². The zero-order valence-corrected chi connectivity index (χ0v) is 6.68. The minimum absolute atomic E-state index is 0.0693. The van der Waals surface area contributed by atoms with Gasteiger partial charge in [-0.25, -0.2) is 4.79 Å². The average Bonchev–Trinajstić information content (AvgIpc) is 2.05. The van der Waals surface area contributed by atoms with Crippen molar-refractivity contribution in [2.24, 2.45) is 11.1 Å². The molecule has 0 aromatic carbocycles. The van der Waals surface area contributed by atoms with Crippen molar-refractivity contribution in [3.8, 4) is 0 Å². The Bertz CT molecular complexity index is 193. The molecule has 5 nitrogen and oxygen atoms in total. The SMILES string of the molecule is O=C(O)N1CCCC(C=NO)C1. The third-order valence-corrected chi connectivity index (χ3v) is 2.01. The number of piperidine rings is 1. The molecule has 1 unspecified atom stereocenters. The number of likely N-dealkylation sites (tertiary alicyclic amines) is 1. The first-order chi connectivity index (χ1) is 5.74. The van der Waals surface area contributed by atoms with E-state index in [-0.39, 0.29) is 5.92 Å². The summed E-state index contributed by atoms with van der Waals surface area (Å²) in [4.78, 5) is 11.9. The average molecular weight is 172 g/mol. The summed E-state index contributed by atoms with van der Waals surface area (Å²) >= 11 is 0. The first-order valence-electron chi connectivity index (χ1n) is 3.89. The topological polar surface area (TPSA) is 73.1 Å². The molecule has 1 saturated heterocycles. The van der Waals surface area contributed by atoms with Crippen LogP contribution in [0.15, 0.2) is 5.16 Å². The Hall–Kier alpha value is -1.26. The molecule has 0 aromatic rings. The van der Waals surface area contributed by atoms with Crippen LogP contribution in [-0.2, 0) is 0 Å². The molecule has 1 heterocycles. The van der Waals surface area contributed by atoms with Crippen molar-refractivity contribution in [2.75, 3.05) is 13.1 Å². The molecule has 0 aliphatic carbocycles. The Labute approximate surface area is 70.3 Å². The maximum absolute atomic E-state index is 10.5. The van der Waals surface area contributed by atoms with Crippen molar-refractivity contribution in [1.29, 1.82) is 0 Å². The lowest BCUT2D eigenvalue weighted by atomic mass is 10.00. The van der Waals surface area contributed by atoms with Crippen molar-refractivity contribution in [1.82, 2.24) is 4.90 Å². The minimum Gasteiger partial charge on any atom is -0.465 e. The zero-order valence-electron chi connectivity index (χ0n) is 6.68. The lowest BCUT2D eigenvalue weighted by Crippen LogP contribution is -2.39. The quantitative estimate of drug-likeness (QED) is 0.349. The van der Waals surface area contributed by atoms with Gasteiger partial charge in [-0.1, -0.05) is 0 Å². The molecule has 0 spiro atoms. The van der Waals surface area contributed by atoms with Crippen LogP contribution in [0.5, 0.6) is 0 Å². The first-order valence-corrected chi connectivity index (χ1v) is 3.89. The number of carboxylic acid groups (broad SMARTS) is 1. The van der Waals surface area contributed by atoms with E-state index in [0.29, 0.717) is 13.1 Å². The van der Waals surface area contributed by atoms with Gasteiger partial charge < -0.3 is 15.2 Å². The van der Waals surface area contributed by atoms with Gasteiger partial charge in [-0.05, 0) is 12.8 Å². The van der Waals surface area contributed by atoms with Crippen LogP contribution in [0.3, 0.4) is 0 Å². The highest BCUT2D eigenvalue weighted by Crippen LogP contribution is 2.14. The van der Waals surface area contributed by atoms with Gasteiger partial charge in [0.2, 0.25) is 0 Å². The monoisotopic (exact) mass is 172 g/mol. The number of nitrogens with zero attached hydrogens (tertiary/aromatic N) is 2. The zero-order chi connectivity index (χ0) is 8.97. The van der Waals surface area contributed by atoms with Crippen LogP contribution in [0, 0.1) is 5.92 Å². The van der Waals surface area contributed by atoms with E-state index in [9.17, 15) is 4.79 Å². The van der Waals surface area contributed by atoms with E-state index in [1.807, 2.05) is 0 Å². The molecule has 1 aliphatic heterocycles. The van der Waals surface area contributed by atoms with E-state index in [2.05, 4.69) is 5.16 Å². The Morgan fingerprint density at radius 2 is 2.42 bits per heavy atom. The summed E-state index contributed by atoms with van der Waals surface area (Å²) in [5.74, 6) is 0.0693. The summed E-state index contributed by atoms with van der Waals surface area (Å²) in [7, 11) is 0. The Morgan fingerprint density at radius 3 is 3.00 bits per heavy atom. The van der Waals surface area contributed by atoms with Gasteiger partial charge in [-0.15, -0.1) is 5.16 Å². The normalized spacial score (nSPS) is 24.7. The summed E-state index contributed by atoms with van der Waals surface area (Å²) in [5, 5.41) is 19.8.